The molecular formula is C16H32N2. The van der Waals surface area contributed by atoms with E-state index in [1.807, 2.05) is 0 Å². The van der Waals surface area contributed by atoms with Crippen LogP contribution in [0, 0.1) is 11.8 Å². The van der Waals surface area contributed by atoms with Crippen LogP contribution in [0.1, 0.15) is 59.8 Å². The van der Waals surface area contributed by atoms with Gasteiger partial charge in [-0.05, 0) is 51.5 Å². The fraction of sp³-hybridized carbons (Fsp3) is 1.00. The number of piperidine rings is 1. The topological polar surface area (TPSA) is 15.3 Å². The Labute approximate surface area is 114 Å². The van der Waals surface area contributed by atoms with Crippen LogP contribution in [0.2, 0.25) is 0 Å². The lowest BCUT2D eigenvalue weighted by Gasteiger charge is -2.46. The Balaban J connectivity index is 1.83. The van der Waals surface area contributed by atoms with E-state index in [0.717, 1.165) is 30.0 Å². The summed E-state index contributed by atoms with van der Waals surface area (Å²) in [6.07, 6.45) is 7.00. The second-order valence-electron chi connectivity index (χ2n) is 6.71. The van der Waals surface area contributed by atoms with Crippen molar-refractivity contribution in [1.82, 2.24) is 10.2 Å². The summed E-state index contributed by atoms with van der Waals surface area (Å²) in [6.45, 7) is 12.1. The predicted octanol–water partition coefficient (Wildman–Crippen LogP) is 3.27. The average Bonchev–Trinajstić information content (AvgIpc) is 3.15. The van der Waals surface area contributed by atoms with E-state index in [9.17, 15) is 0 Å². The van der Waals surface area contributed by atoms with Crippen molar-refractivity contribution in [1.29, 1.82) is 0 Å². The lowest BCUT2D eigenvalue weighted by atomic mass is 9.85. The van der Waals surface area contributed by atoms with E-state index in [-0.39, 0.29) is 0 Å². The maximum absolute atomic E-state index is 3.74. The first-order chi connectivity index (χ1) is 8.63. The molecule has 2 heteroatoms. The lowest BCUT2D eigenvalue weighted by molar-refractivity contribution is 0.0479. The molecule has 1 saturated heterocycles. The number of nitrogens with one attached hydrogen (secondary N) is 1. The van der Waals surface area contributed by atoms with Crippen molar-refractivity contribution >= 4 is 0 Å². The van der Waals surface area contributed by atoms with Gasteiger partial charge in [-0.1, -0.05) is 26.7 Å². The molecule has 1 heterocycles. The maximum atomic E-state index is 3.74. The molecular weight excluding hydrogens is 220 g/mol. The molecule has 106 valence electrons. The summed E-state index contributed by atoms with van der Waals surface area (Å²) >= 11 is 0. The van der Waals surface area contributed by atoms with Crippen LogP contribution in [-0.2, 0) is 0 Å². The Morgan fingerprint density at radius 2 is 1.94 bits per heavy atom. The Kier molecular flexibility index (Phi) is 5.08. The molecule has 1 saturated carbocycles. The molecule has 2 rings (SSSR count). The fourth-order valence-electron chi connectivity index (χ4n) is 3.60. The smallest absolute Gasteiger partial charge is 0.0120 e. The normalized spacial score (nSPS) is 35.7. The molecule has 4 unspecified atom stereocenters. The molecule has 0 radical (unpaired) electrons. The molecule has 0 amide bonds. The maximum Gasteiger partial charge on any atom is 0.0120 e. The highest BCUT2D eigenvalue weighted by Gasteiger charge is 2.35. The monoisotopic (exact) mass is 252 g/mol. The zero-order valence-corrected chi connectivity index (χ0v) is 12.8. The summed E-state index contributed by atoms with van der Waals surface area (Å²) in [5.41, 5.74) is 0. The van der Waals surface area contributed by atoms with Crippen LogP contribution in [0.25, 0.3) is 0 Å². The van der Waals surface area contributed by atoms with Crippen molar-refractivity contribution in [2.24, 2.45) is 11.8 Å². The van der Waals surface area contributed by atoms with Crippen molar-refractivity contribution in [3.63, 3.8) is 0 Å². The number of nitrogens with zero attached hydrogens (tertiary/aromatic N) is 1. The molecule has 2 nitrogen and oxygen atoms in total. The SMILES string of the molecule is CCCNC1CCN(C(C)CC2CC2)C(C)C1C. The lowest BCUT2D eigenvalue weighted by Crippen LogP contribution is -2.55. The quantitative estimate of drug-likeness (QED) is 0.780. The van der Waals surface area contributed by atoms with Gasteiger partial charge in [0.2, 0.25) is 0 Å². The Hall–Kier alpha value is -0.0800. The first-order valence-corrected chi connectivity index (χ1v) is 8.12. The number of rotatable bonds is 6. The van der Waals surface area contributed by atoms with Crippen molar-refractivity contribution in [3.8, 4) is 0 Å². The van der Waals surface area contributed by atoms with Gasteiger partial charge in [-0.3, -0.25) is 4.90 Å². The minimum Gasteiger partial charge on any atom is -0.314 e. The third-order valence-electron chi connectivity index (χ3n) is 5.21. The molecule has 1 aliphatic heterocycles. The van der Waals surface area contributed by atoms with Gasteiger partial charge in [0.25, 0.3) is 0 Å². The number of hydrogen-bond acceptors (Lipinski definition) is 2. The number of hydrogen-bond donors (Lipinski definition) is 1. The molecule has 4 atom stereocenters. The second-order valence-corrected chi connectivity index (χ2v) is 6.71. The highest BCUT2D eigenvalue weighted by molar-refractivity contribution is 4.91. The molecule has 2 fully saturated rings. The molecule has 0 aromatic rings. The van der Waals surface area contributed by atoms with Gasteiger partial charge in [0, 0.05) is 24.7 Å². The van der Waals surface area contributed by atoms with Crippen molar-refractivity contribution in [3.05, 3.63) is 0 Å². The van der Waals surface area contributed by atoms with Gasteiger partial charge in [0.15, 0.2) is 0 Å². The van der Waals surface area contributed by atoms with Gasteiger partial charge in [-0.25, -0.2) is 0 Å². The third kappa shape index (κ3) is 3.48. The molecule has 1 aliphatic carbocycles. The summed E-state index contributed by atoms with van der Waals surface area (Å²) in [5.74, 6) is 1.84. The molecule has 1 N–H and O–H groups in total. The average molecular weight is 252 g/mol. The van der Waals surface area contributed by atoms with Crippen LogP contribution >= 0.6 is 0 Å². The van der Waals surface area contributed by atoms with E-state index in [2.05, 4.69) is 37.9 Å². The zero-order valence-electron chi connectivity index (χ0n) is 12.8. The van der Waals surface area contributed by atoms with E-state index < -0.39 is 0 Å². The van der Waals surface area contributed by atoms with Gasteiger partial charge >= 0.3 is 0 Å². The minimum absolute atomic E-state index is 0.738. The highest BCUT2D eigenvalue weighted by Crippen LogP contribution is 2.36. The van der Waals surface area contributed by atoms with Crippen molar-refractivity contribution in [2.75, 3.05) is 13.1 Å². The van der Waals surface area contributed by atoms with Crippen molar-refractivity contribution < 1.29 is 0 Å². The summed E-state index contributed by atoms with van der Waals surface area (Å²) < 4.78 is 0. The number of likely N-dealkylation sites (tertiary alicyclic amines) is 1. The van der Waals surface area contributed by atoms with Crippen LogP contribution in [0.3, 0.4) is 0 Å². The first kappa shape index (κ1) is 14.3. The minimum atomic E-state index is 0.738. The van der Waals surface area contributed by atoms with Gasteiger partial charge in [0.1, 0.15) is 0 Å². The van der Waals surface area contributed by atoms with E-state index >= 15 is 0 Å². The van der Waals surface area contributed by atoms with Crippen LogP contribution in [0.4, 0.5) is 0 Å². The second kappa shape index (κ2) is 6.38. The first-order valence-electron chi connectivity index (χ1n) is 8.12. The Morgan fingerprint density at radius 1 is 1.22 bits per heavy atom. The molecule has 0 spiro atoms. The molecule has 18 heavy (non-hydrogen) atoms. The molecule has 0 aromatic heterocycles. The zero-order chi connectivity index (χ0) is 13.1. The van der Waals surface area contributed by atoms with E-state index in [4.69, 9.17) is 0 Å². The standard InChI is InChI=1S/C16H32N2/c1-5-9-17-16-8-10-18(14(4)13(16)3)12(2)11-15-6-7-15/h12-17H,5-11H2,1-4H3. The van der Waals surface area contributed by atoms with Gasteiger partial charge in [0.05, 0.1) is 0 Å². The van der Waals surface area contributed by atoms with Crippen LogP contribution in [0.5, 0.6) is 0 Å². The predicted molar refractivity (Wildman–Crippen MR) is 78.8 cm³/mol. The summed E-state index contributed by atoms with van der Waals surface area (Å²) in [6, 6.07) is 2.27. The van der Waals surface area contributed by atoms with Gasteiger partial charge < -0.3 is 5.32 Å². The van der Waals surface area contributed by atoms with Gasteiger partial charge in [-0.15, -0.1) is 0 Å². The summed E-state index contributed by atoms with van der Waals surface area (Å²) in [4.78, 5) is 2.77. The van der Waals surface area contributed by atoms with E-state index in [1.165, 1.54) is 45.2 Å². The van der Waals surface area contributed by atoms with E-state index in [0.29, 0.717) is 0 Å². The third-order valence-corrected chi connectivity index (χ3v) is 5.21. The Morgan fingerprint density at radius 3 is 2.56 bits per heavy atom. The fourth-order valence-corrected chi connectivity index (χ4v) is 3.60. The summed E-state index contributed by atoms with van der Waals surface area (Å²) in [5, 5.41) is 3.74. The van der Waals surface area contributed by atoms with Crippen LogP contribution in [-0.4, -0.2) is 36.1 Å². The molecule has 0 bridgehead atoms. The molecule has 2 aliphatic rings. The van der Waals surface area contributed by atoms with Crippen molar-refractivity contribution in [2.45, 2.75) is 77.9 Å². The van der Waals surface area contributed by atoms with Gasteiger partial charge in [-0.2, -0.15) is 0 Å². The largest absolute Gasteiger partial charge is 0.314 e. The van der Waals surface area contributed by atoms with Crippen LogP contribution in [0.15, 0.2) is 0 Å². The Bertz CT molecular complexity index is 249. The summed E-state index contributed by atoms with van der Waals surface area (Å²) in [7, 11) is 0. The highest BCUT2D eigenvalue weighted by atomic mass is 15.2. The van der Waals surface area contributed by atoms with Crippen LogP contribution < -0.4 is 5.32 Å². The van der Waals surface area contributed by atoms with E-state index in [1.54, 1.807) is 0 Å². The molecule has 0 aromatic carbocycles.